The number of nitrogens with zero attached hydrogens (tertiary/aromatic N) is 5. The molecule has 8 nitrogen and oxygen atoms in total. The molecule has 1 atom stereocenters. The smallest absolute Gasteiger partial charge is 0.282 e. The fraction of sp³-hybridized carbons (Fsp3) is 0.500. The van der Waals surface area contributed by atoms with Crippen molar-refractivity contribution < 1.29 is 4.74 Å². The summed E-state index contributed by atoms with van der Waals surface area (Å²) in [4.78, 5) is 23.7. The molecule has 1 aromatic carbocycles. The number of aromatic nitrogens is 5. The van der Waals surface area contributed by atoms with Gasteiger partial charge in [-0.25, -0.2) is 0 Å². The molecule has 0 amide bonds. The lowest BCUT2D eigenvalue weighted by Crippen LogP contribution is -2.45. The van der Waals surface area contributed by atoms with E-state index in [4.69, 9.17) is 4.74 Å². The minimum Gasteiger partial charge on any atom is -0.377 e. The van der Waals surface area contributed by atoms with Crippen LogP contribution >= 0.6 is 0 Å². The van der Waals surface area contributed by atoms with Crippen molar-refractivity contribution in [3.05, 3.63) is 39.2 Å². The molecule has 8 heteroatoms. The number of fused-ring (bicyclic) bond motifs is 1. The summed E-state index contributed by atoms with van der Waals surface area (Å²) in [6, 6.07) is 4.57. The fourth-order valence-electron chi connectivity index (χ4n) is 4.05. The average Bonchev–Trinajstić information content (AvgIpc) is 3.42. The lowest BCUT2D eigenvalue weighted by Gasteiger charge is -2.33. The molecule has 0 spiro atoms. The largest absolute Gasteiger partial charge is 0.377 e. The lowest BCUT2D eigenvalue weighted by molar-refractivity contribution is 0.0981. The van der Waals surface area contributed by atoms with Gasteiger partial charge in [0.25, 0.3) is 5.56 Å². The summed E-state index contributed by atoms with van der Waals surface area (Å²) in [6.45, 7) is 8.10. The predicted molar refractivity (Wildman–Crippen MR) is 106 cm³/mol. The molecule has 146 valence electrons. The van der Waals surface area contributed by atoms with E-state index < -0.39 is 0 Å². The number of aryl methyl sites for hydroxylation is 2. The van der Waals surface area contributed by atoms with Gasteiger partial charge in [-0.3, -0.25) is 9.78 Å². The monoisotopic (exact) mass is 380 g/mol. The highest BCUT2D eigenvalue weighted by atomic mass is 16.5. The predicted octanol–water partition coefficient (Wildman–Crippen LogP) is 2.22. The number of benzene rings is 1. The molecule has 1 aliphatic carbocycles. The van der Waals surface area contributed by atoms with Gasteiger partial charge in [0.05, 0.1) is 24.9 Å². The second kappa shape index (κ2) is 6.41. The van der Waals surface area contributed by atoms with E-state index in [9.17, 15) is 4.79 Å². The lowest BCUT2D eigenvalue weighted by atomic mass is 10.0. The van der Waals surface area contributed by atoms with Gasteiger partial charge in [-0.15, -0.1) is 15.0 Å². The maximum absolute atomic E-state index is 12.6. The Morgan fingerprint density at radius 3 is 2.61 bits per heavy atom. The highest BCUT2D eigenvalue weighted by Crippen LogP contribution is 2.41. The van der Waals surface area contributed by atoms with E-state index in [0.717, 1.165) is 16.8 Å². The zero-order valence-electron chi connectivity index (χ0n) is 16.4. The van der Waals surface area contributed by atoms with Gasteiger partial charge < -0.3 is 9.64 Å². The zero-order chi connectivity index (χ0) is 19.4. The summed E-state index contributed by atoms with van der Waals surface area (Å²) in [5, 5.41) is 9.01. The van der Waals surface area contributed by atoms with Crippen LogP contribution in [0.4, 0.5) is 5.95 Å². The minimum absolute atomic E-state index is 0.142. The standard InChI is InChI=1S/C20H24N6O2/c1-11-8-15(14-4-5-14)9-12(2)17(11)26-23-16-18(24-26)21-20(22-19(16)27)25-6-7-28-10-13(25)3/h8-9,13-14H,4-7,10H2,1-3H3,(H,21,22,24,27)/t13-/m1/s1. The normalized spacial score (nSPS) is 20.1. The van der Waals surface area contributed by atoms with Crippen molar-refractivity contribution in [1.82, 2.24) is 25.0 Å². The molecule has 28 heavy (non-hydrogen) atoms. The topological polar surface area (TPSA) is 88.9 Å². The van der Waals surface area contributed by atoms with Crippen molar-refractivity contribution >= 4 is 17.1 Å². The van der Waals surface area contributed by atoms with Gasteiger partial charge in [0, 0.05) is 6.54 Å². The minimum atomic E-state index is -0.269. The van der Waals surface area contributed by atoms with Crippen molar-refractivity contribution in [2.75, 3.05) is 24.7 Å². The molecule has 3 heterocycles. The number of anilines is 1. The van der Waals surface area contributed by atoms with Gasteiger partial charge in [-0.05, 0) is 56.2 Å². The Morgan fingerprint density at radius 1 is 1.18 bits per heavy atom. The first kappa shape index (κ1) is 17.4. The molecule has 1 saturated carbocycles. The Bertz CT molecular complexity index is 1090. The number of ether oxygens (including phenoxy) is 1. The van der Waals surface area contributed by atoms with Crippen molar-refractivity contribution in [1.29, 1.82) is 0 Å². The molecule has 0 unspecified atom stereocenters. The first-order chi connectivity index (χ1) is 13.5. The van der Waals surface area contributed by atoms with Crippen LogP contribution in [-0.4, -0.2) is 50.8 Å². The van der Waals surface area contributed by atoms with Gasteiger partial charge >= 0.3 is 0 Å². The van der Waals surface area contributed by atoms with E-state index >= 15 is 0 Å². The summed E-state index contributed by atoms with van der Waals surface area (Å²) in [7, 11) is 0. The Balaban J connectivity index is 1.59. The second-order valence-electron chi connectivity index (χ2n) is 7.95. The van der Waals surface area contributed by atoms with E-state index in [0.29, 0.717) is 37.3 Å². The van der Waals surface area contributed by atoms with Gasteiger partial charge in [-0.2, -0.15) is 4.98 Å². The molecular weight excluding hydrogens is 356 g/mol. The molecule has 5 rings (SSSR count). The Labute approximate surface area is 162 Å². The first-order valence-electron chi connectivity index (χ1n) is 9.84. The highest BCUT2D eigenvalue weighted by Gasteiger charge is 2.26. The van der Waals surface area contributed by atoms with E-state index in [-0.39, 0.29) is 17.1 Å². The molecule has 2 fully saturated rings. The number of hydrogen-bond acceptors (Lipinski definition) is 6. The van der Waals surface area contributed by atoms with E-state index in [1.54, 1.807) is 4.80 Å². The molecule has 1 saturated heterocycles. The SMILES string of the molecule is Cc1cc(C2CC2)cc(C)c1-n1nc2nc(N3CCOC[C@H]3C)[nH]c(=O)c2n1. The number of rotatable bonds is 3. The van der Waals surface area contributed by atoms with Crippen LogP contribution in [0.5, 0.6) is 0 Å². The van der Waals surface area contributed by atoms with Crippen LogP contribution in [0, 0.1) is 13.8 Å². The molecule has 0 bridgehead atoms. The van der Waals surface area contributed by atoms with Crippen LogP contribution in [0.2, 0.25) is 0 Å². The first-order valence-corrected chi connectivity index (χ1v) is 9.84. The van der Waals surface area contributed by atoms with Gasteiger partial charge in [0.1, 0.15) is 0 Å². The number of aromatic amines is 1. The van der Waals surface area contributed by atoms with Crippen molar-refractivity contribution in [2.24, 2.45) is 0 Å². The second-order valence-corrected chi connectivity index (χ2v) is 7.95. The molecule has 1 N–H and O–H groups in total. The number of hydrogen-bond donors (Lipinski definition) is 1. The Morgan fingerprint density at radius 2 is 1.93 bits per heavy atom. The molecule has 3 aromatic rings. The molecule has 0 radical (unpaired) electrons. The maximum atomic E-state index is 12.6. The summed E-state index contributed by atoms with van der Waals surface area (Å²) >= 11 is 0. The van der Waals surface area contributed by atoms with E-state index in [1.807, 2.05) is 11.8 Å². The van der Waals surface area contributed by atoms with Gasteiger partial charge in [0.2, 0.25) is 11.6 Å². The summed E-state index contributed by atoms with van der Waals surface area (Å²) in [6.07, 6.45) is 2.54. The van der Waals surface area contributed by atoms with Gasteiger partial charge in [-0.1, -0.05) is 12.1 Å². The van der Waals surface area contributed by atoms with Crippen LogP contribution in [-0.2, 0) is 4.74 Å². The van der Waals surface area contributed by atoms with Crippen LogP contribution in [0.1, 0.15) is 42.4 Å². The van der Waals surface area contributed by atoms with Crippen LogP contribution in [0.3, 0.4) is 0 Å². The van der Waals surface area contributed by atoms with Crippen molar-refractivity contribution in [3.8, 4) is 5.69 Å². The number of morpholine rings is 1. The third kappa shape index (κ3) is 2.88. The Kier molecular flexibility index (Phi) is 3.97. The molecule has 2 aromatic heterocycles. The summed E-state index contributed by atoms with van der Waals surface area (Å²) in [5.74, 6) is 1.22. The highest BCUT2D eigenvalue weighted by molar-refractivity contribution is 5.70. The number of H-pyrrole nitrogens is 1. The van der Waals surface area contributed by atoms with Crippen molar-refractivity contribution in [3.63, 3.8) is 0 Å². The van der Waals surface area contributed by atoms with Gasteiger partial charge in [0.15, 0.2) is 5.52 Å². The molecule has 1 aliphatic heterocycles. The van der Waals surface area contributed by atoms with Crippen molar-refractivity contribution in [2.45, 2.75) is 45.6 Å². The summed E-state index contributed by atoms with van der Waals surface area (Å²) in [5.41, 5.74) is 4.88. The zero-order valence-corrected chi connectivity index (χ0v) is 16.4. The molecule has 2 aliphatic rings. The van der Waals surface area contributed by atoms with Crippen LogP contribution in [0.25, 0.3) is 16.9 Å². The van der Waals surface area contributed by atoms with E-state index in [2.05, 4.69) is 46.1 Å². The third-order valence-corrected chi connectivity index (χ3v) is 5.65. The maximum Gasteiger partial charge on any atom is 0.282 e. The summed E-state index contributed by atoms with van der Waals surface area (Å²) < 4.78 is 5.48. The average molecular weight is 380 g/mol. The van der Waals surface area contributed by atoms with Crippen LogP contribution in [0.15, 0.2) is 16.9 Å². The Hall–Kier alpha value is -2.74. The third-order valence-electron chi connectivity index (χ3n) is 5.65. The quantitative estimate of drug-likeness (QED) is 0.749. The van der Waals surface area contributed by atoms with E-state index in [1.165, 1.54) is 18.4 Å². The fourth-order valence-corrected chi connectivity index (χ4v) is 4.05. The van der Waals surface area contributed by atoms with Crippen LogP contribution < -0.4 is 10.5 Å². The number of nitrogens with one attached hydrogen (secondary N) is 1. The molecular formula is C20H24N6O2.